The van der Waals surface area contributed by atoms with Crippen molar-refractivity contribution in [1.82, 2.24) is 20.9 Å². The lowest BCUT2D eigenvalue weighted by molar-refractivity contribution is -0.122. The molecule has 2 amide bonds. The van der Waals surface area contributed by atoms with Crippen LogP contribution in [0.25, 0.3) is 0 Å². The van der Waals surface area contributed by atoms with E-state index in [-0.39, 0.29) is 18.0 Å². The highest BCUT2D eigenvalue weighted by Gasteiger charge is 2.29. The summed E-state index contributed by atoms with van der Waals surface area (Å²) in [5, 5.41) is 9.21. The van der Waals surface area contributed by atoms with Gasteiger partial charge in [0.1, 0.15) is 18.5 Å². The summed E-state index contributed by atoms with van der Waals surface area (Å²) in [5.41, 5.74) is 4.30. The highest BCUT2D eigenvalue weighted by atomic mass is 16.5. The van der Waals surface area contributed by atoms with Gasteiger partial charge in [-0.1, -0.05) is 24.3 Å². The predicted molar refractivity (Wildman–Crippen MR) is 116 cm³/mol. The van der Waals surface area contributed by atoms with Crippen LogP contribution in [-0.4, -0.2) is 42.4 Å². The maximum Gasteiger partial charge on any atom is 0.246 e. The van der Waals surface area contributed by atoms with Crippen molar-refractivity contribution in [2.75, 3.05) is 19.7 Å². The maximum atomic E-state index is 12.4. The lowest BCUT2D eigenvalue weighted by atomic mass is 9.98. The van der Waals surface area contributed by atoms with E-state index in [1.165, 1.54) is 5.56 Å². The molecule has 31 heavy (non-hydrogen) atoms. The minimum Gasteiger partial charge on any atom is -0.494 e. The number of fused-ring (bicyclic) bond motifs is 3. The molecule has 160 valence electrons. The zero-order valence-electron chi connectivity index (χ0n) is 17.2. The number of aliphatic imine (C=N–C) groups is 1. The quantitative estimate of drug-likeness (QED) is 0.620. The highest BCUT2D eigenvalue weighted by Crippen LogP contribution is 2.30. The molecule has 0 spiro atoms. The van der Waals surface area contributed by atoms with Crippen molar-refractivity contribution in [2.45, 2.75) is 32.0 Å². The zero-order valence-corrected chi connectivity index (χ0v) is 17.2. The van der Waals surface area contributed by atoms with E-state index in [0.29, 0.717) is 38.5 Å². The first kappa shape index (κ1) is 19.6. The number of carbonyl (C=O) groups is 2. The molecule has 5 rings (SSSR count). The van der Waals surface area contributed by atoms with Crippen molar-refractivity contribution in [3.8, 4) is 5.75 Å². The minimum atomic E-state index is -0.128. The Bertz CT molecular complexity index is 1050. The van der Waals surface area contributed by atoms with E-state index < -0.39 is 0 Å². The molecule has 8 nitrogen and oxygen atoms in total. The summed E-state index contributed by atoms with van der Waals surface area (Å²) in [4.78, 5) is 30.3. The van der Waals surface area contributed by atoms with Gasteiger partial charge in [-0.15, -0.1) is 0 Å². The Morgan fingerprint density at radius 2 is 2.10 bits per heavy atom. The smallest absolute Gasteiger partial charge is 0.246 e. The van der Waals surface area contributed by atoms with Crippen LogP contribution in [-0.2, 0) is 22.6 Å². The lowest BCUT2D eigenvalue weighted by Crippen LogP contribution is -2.42. The van der Waals surface area contributed by atoms with Gasteiger partial charge in [0, 0.05) is 25.1 Å². The standard InChI is InChI=1S/C23H25N5O3/c29-20(26-22-18-5-2-1-4-15(18)9-10-24-22)6-3-11-31-17-7-8-19-16(12-17)13-28-14-21(30)27-23(28)25-19/h1-2,4-5,7-8,12,22,24H,3,6,9-11,13-14H2,(H,26,29)(H,25,27,30). The molecule has 3 heterocycles. The number of nitrogens with zero attached hydrogens (tertiary/aromatic N) is 2. The third kappa shape index (κ3) is 4.25. The number of amides is 2. The van der Waals surface area contributed by atoms with Crippen LogP contribution in [0.15, 0.2) is 47.5 Å². The van der Waals surface area contributed by atoms with Gasteiger partial charge in [0.15, 0.2) is 0 Å². The van der Waals surface area contributed by atoms with Crippen LogP contribution in [0, 0.1) is 0 Å². The van der Waals surface area contributed by atoms with Gasteiger partial charge in [-0.05, 0) is 42.2 Å². The third-order valence-corrected chi connectivity index (χ3v) is 5.75. The Labute approximate surface area is 180 Å². The third-order valence-electron chi connectivity index (χ3n) is 5.75. The summed E-state index contributed by atoms with van der Waals surface area (Å²) in [6.07, 6.45) is 1.88. The van der Waals surface area contributed by atoms with E-state index in [1.54, 1.807) is 0 Å². The molecule has 3 N–H and O–H groups in total. The number of carbonyl (C=O) groups excluding carboxylic acids is 2. The summed E-state index contributed by atoms with van der Waals surface area (Å²) in [6, 6.07) is 14.0. The first-order chi connectivity index (χ1) is 15.2. The van der Waals surface area contributed by atoms with Crippen molar-refractivity contribution in [3.63, 3.8) is 0 Å². The number of nitrogens with one attached hydrogen (secondary N) is 3. The zero-order chi connectivity index (χ0) is 21.2. The summed E-state index contributed by atoms with van der Waals surface area (Å²) >= 11 is 0. The summed E-state index contributed by atoms with van der Waals surface area (Å²) in [5.74, 6) is 1.34. The van der Waals surface area contributed by atoms with Crippen LogP contribution in [0.4, 0.5) is 5.69 Å². The number of rotatable bonds is 6. The Kier molecular flexibility index (Phi) is 5.30. The fourth-order valence-electron chi connectivity index (χ4n) is 4.22. The Morgan fingerprint density at radius 3 is 3.03 bits per heavy atom. The molecule has 0 aromatic heterocycles. The molecule has 3 aliphatic rings. The molecule has 3 aliphatic heterocycles. The van der Waals surface area contributed by atoms with Gasteiger partial charge in [0.2, 0.25) is 17.8 Å². The molecule has 0 radical (unpaired) electrons. The van der Waals surface area contributed by atoms with E-state index >= 15 is 0 Å². The molecule has 0 bridgehead atoms. The molecule has 2 aromatic carbocycles. The highest BCUT2D eigenvalue weighted by molar-refractivity contribution is 6.05. The molecule has 2 aromatic rings. The summed E-state index contributed by atoms with van der Waals surface area (Å²) < 4.78 is 5.86. The second kappa shape index (κ2) is 8.39. The van der Waals surface area contributed by atoms with Gasteiger partial charge in [0.05, 0.1) is 12.3 Å². The molecule has 1 saturated heterocycles. The van der Waals surface area contributed by atoms with Crippen LogP contribution in [0.5, 0.6) is 5.75 Å². The van der Waals surface area contributed by atoms with Gasteiger partial charge >= 0.3 is 0 Å². The Balaban J connectivity index is 1.10. The minimum absolute atomic E-state index is 0.0105. The van der Waals surface area contributed by atoms with Crippen LogP contribution in [0.3, 0.4) is 0 Å². The topological polar surface area (TPSA) is 95.1 Å². The van der Waals surface area contributed by atoms with Gasteiger partial charge in [-0.2, -0.15) is 0 Å². The number of guanidine groups is 1. The fraction of sp³-hybridized carbons (Fsp3) is 0.348. The molecule has 0 aliphatic carbocycles. The van der Waals surface area contributed by atoms with E-state index in [2.05, 4.69) is 33.1 Å². The van der Waals surface area contributed by atoms with Crippen LogP contribution < -0.4 is 20.7 Å². The van der Waals surface area contributed by atoms with Crippen molar-refractivity contribution in [2.24, 2.45) is 4.99 Å². The Hall–Kier alpha value is -3.39. The normalized spacial score (nSPS) is 19.0. The van der Waals surface area contributed by atoms with Crippen molar-refractivity contribution >= 4 is 23.5 Å². The van der Waals surface area contributed by atoms with E-state index in [4.69, 9.17) is 4.74 Å². The van der Waals surface area contributed by atoms with Crippen molar-refractivity contribution in [1.29, 1.82) is 0 Å². The first-order valence-corrected chi connectivity index (χ1v) is 10.7. The number of ether oxygens (including phenoxy) is 1. The van der Waals surface area contributed by atoms with Gasteiger partial charge in [-0.25, -0.2) is 4.99 Å². The molecular weight excluding hydrogens is 394 g/mol. The summed E-state index contributed by atoms with van der Waals surface area (Å²) in [6.45, 7) is 2.27. The molecule has 1 fully saturated rings. The maximum absolute atomic E-state index is 12.4. The van der Waals surface area contributed by atoms with E-state index in [0.717, 1.165) is 35.5 Å². The molecule has 0 saturated carbocycles. The monoisotopic (exact) mass is 419 g/mol. The average Bonchev–Trinajstić information content (AvgIpc) is 3.14. The van der Waals surface area contributed by atoms with E-state index in [1.807, 2.05) is 35.2 Å². The lowest BCUT2D eigenvalue weighted by Gasteiger charge is -2.27. The largest absolute Gasteiger partial charge is 0.494 e. The van der Waals surface area contributed by atoms with Gasteiger partial charge in [0.25, 0.3) is 0 Å². The molecular formula is C23H25N5O3. The number of hydrogen-bond acceptors (Lipinski definition) is 6. The van der Waals surface area contributed by atoms with Crippen molar-refractivity contribution in [3.05, 3.63) is 59.2 Å². The number of hydrogen-bond donors (Lipinski definition) is 3. The predicted octanol–water partition coefficient (Wildman–Crippen LogP) is 1.74. The second-order valence-corrected chi connectivity index (χ2v) is 7.99. The van der Waals surface area contributed by atoms with Crippen molar-refractivity contribution < 1.29 is 14.3 Å². The van der Waals surface area contributed by atoms with Gasteiger partial charge < -0.3 is 15.0 Å². The first-order valence-electron chi connectivity index (χ1n) is 10.7. The number of benzene rings is 2. The fourth-order valence-corrected chi connectivity index (χ4v) is 4.22. The SMILES string of the molecule is O=C1CN2Cc3cc(OCCCC(=O)NC4NCCc5ccccc54)ccc3N=C2N1. The van der Waals surface area contributed by atoms with Crippen LogP contribution in [0.2, 0.25) is 0 Å². The molecule has 1 unspecified atom stereocenters. The second-order valence-electron chi connectivity index (χ2n) is 7.99. The van der Waals surface area contributed by atoms with Crippen LogP contribution >= 0.6 is 0 Å². The molecule has 1 atom stereocenters. The average molecular weight is 419 g/mol. The Morgan fingerprint density at radius 1 is 1.19 bits per heavy atom. The molecule has 8 heteroatoms. The van der Waals surface area contributed by atoms with Gasteiger partial charge in [-0.3, -0.25) is 20.2 Å². The summed E-state index contributed by atoms with van der Waals surface area (Å²) in [7, 11) is 0. The van der Waals surface area contributed by atoms with E-state index in [9.17, 15) is 9.59 Å². The van der Waals surface area contributed by atoms with Crippen LogP contribution in [0.1, 0.15) is 35.7 Å².